The Labute approximate surface area is 158 Å². The number of pyridine rings is 1. The lowest BCUT2D eigenvalue weighted by Gasteiger charge is -2.27. The van der Waals surface area contributed by atoms with Gasteiger partial charge in [-0.1, -0.05) is 12.1 Å². The monoisotopic (exact) mass is 372 g/mol. The second kappa shape index (κ2) is 8.59. The smallest absolute Gasteiger partial charge is 0.228 e. The van der Waals surface area contributed by atoms with E-state index in [1.54, 1.807) is 32.4 Å². The molecule has 1 aliphatic heterocycles. The molecule has 144 valence electrons. The summed E-state index contributed by atoms with van der Waals surface area (Å²) in [6, 6.07) is 11.2. The van der Waals surface area contributed by atoms with Crippen LogP contribution < -0.4 is 10.1 Å². The molecule has 0 aliphatic carbocycles. The SMILES string of the molecule is COCCC1(C(C)=O)CCC(c2cc(-c3cccc(OCF)c3)ccn2)N1. The normalized spacial score (nSPS) is 22.0. The van der Waals surface area contributed by atoms with Gasteiger partial charge in [-0.25, -0.2) is 4.39 Å². The third-order valence-electron chi connectivity index (χ3n) is 5.24. The van der Waals surface area contributed by atoms with Crippen molar-refractivity contribution in [3.05, 3.63) is 48.3 Å². The van der Waals surface area contributed by atoms with E-state index >= 15 is 0 Å². The van der Waals surface area contributed by atoms with Crippen molar-refractivity contribution in [1.29, 1.82) is 0 Å². The van der Waals surface area contributed by atoms with Gasteiger partial charge in [-0.3, -0.25) is 15.1 Å². The summed E-state index contributed by atoms with van der Waals surface area (Å²) in [5, 5.41) is 3.50. The number of hydrogen-bond donors (Lipinski definition) is 1. The molecule has 1 fully saturated rings. The van der Waals surface area contributed by atoms with Crippen LogP contribution in [0, 0.1) is 0 Å². The molecule has 0 radical (unpaired) electrons. The molecule has 0 amide bonds. The molecule has 1 saturated heterocycles. The predicted molar refractivity (Wildman–Crippen MR) is 101 cm³/mol. The highest BCUT2D eigenvalue weighted by Gasteiger charge is 2.42. The van der Waals surface area contributed by atoms with E-state index < -0.39 is 12.4 Å². The van der Waals surface area contributed by atoms with Crippen LogP contribution in [0.3, 0.4) is 0 Å². The van der Waals surface area contributed by atoms with Gasteiger partial charge in [0.1, 0.15) is 11.5 Å². The zero-order chi connectivity index (χ0) is 19.3. The van der Waals surface area contributed by atoms with Crippen molar-refractivity contribution in [1.82, 2.24) is 10.3 Å². The van der Waals surface area contributed by atoms with E-state index in [0.717, 1.165) is 29.7 Å². The number of halogens is 1. The Morgan fingerprint density at radius 1 is 1.33 bits per heavy atom. The first kappa shape index (κ1) is 19.5. The Kier molecular flexibility index (Phi) is 6.19. The van der Waals surface area contributed by atoms with Crippen molar-refractivity contribution >= 4 is 5.78 Å². The van der Waals surface area contributed by atoms with Gasteiger partial charge in [0.15, 0.2) is 0 Å². The number of benzene rings is 1. The van der Waals surface area contributed by atoms with Gasteiger partial charge in [-0.05, 0) is 61.6 Å². The van der Waals surface area contributed by atoms with E-state index in [1.807, 2.05) is 24.3 Å². The van der Waals surface area contributed by atoms with Crippen molar-refractivity contribution < 1.29 is 18.7 Å². The fourth-order valence-corrected chi connectivity index (χ4v) is 3.66. The standard InChI is InChI=1S/C21H25FN2O3/c1-15(25)21(9-11-26-2)8-6-19(24-21)20-13-17(7-10-23-20)16-4-3-5-18(12-16)27-14-22/h3-5,7,10,12-13,19,24H,6,8-9,11,14H2,1-2H3. The van der Waals surface area contributed by atoms with Gasteiger partial charge in [0, 0.05) is 19.9 Å². The van der Waals surface area contributed by atoms with Gasteiger partial charge in [0.2, 0.25) is 6.86 Å². The van der Waals surface area contributed by atoms with E-state index in [9.17, 15) is 9.18 Å². The molecule has 1 N–H and O–H groups in total. The summed E-state index contributed by atoms with van der Waals surface area (Å²) in [6.45, 7) is 1.31. The summed E-state index contributed by atoms with van der Waals surface area (Å²) in [7, 11) is 1.64. The molecule has 2 heterocycles. The number of carbonyl (C=O) groups excluding carboxylic acids is 1. The first-order valence-electron chi connectivity index (χ1n) is 9.11. The van der Waals surface area contributed by atoms with Crippen LogP contribution in [0.2, 0.25) is 0 Å². The molecule has 27 heavy (non-hydrogen) atoms. The van der Waals surface area contributed by atoms with Gasteiger partial charge >= 0.3 is 0 Å². The number of hydrogen-bond acceptors (Lipinski definition) is 5. The molecule has 0 saturated carbocycles. The number of rotatable bonds is 8. The van der Waals surface area contributed by atoms with Crippen LogP contribution in [-0.2, 0) is 9.53 Å². The van der Waals surface area contributed by atoms with Gasteiger partial charge in [0.05, 0.1) is 17.3 Å². The summed E-state index contributed by atoms with van der Waals surface area (Å²) in [4.78, 5) is 16.8. The highest BCUT2D eigenvalue weighted by atomic mass is 19.1. The lowest BCUT2D eigenvalue weighted by Crippen LogP contribution is -2.47. The van der Waals surface area contributed by atoms with E-state index in [2.05, 4.69) is 10.3 Å². The Morgan fingerprint density at radius 2 is 2.15 bits per heavy atom. The summed E-state index contributed by atoms with van der Waals surface area (Å²) >= 11 is 0. The van der Waals surface area contributed by atoms with Crippen LogP contribution in [-0.4, -0.2) is 36.9 Å². The van der Waals surface area contributed by atoms with Crippen LogP contribution in [0.5, 0.6) is 5.75 Å². The van der Waals surface area contributed by atoms with Crippen LogP contribution in [0.25, 0.3) is 11.1 Å². The van der Waals surface area contributed by atoms with Gasteiger partial charge in [-0.15, -0.1) is 0 Å². The van der Waals surface area contributed by atoms with Gasteiger partial charge in [0.25, 0.3) is 0 Å². The first-order chi connectivity index (χ1) is 13.1. The highest BCUT2D eigenvalue weighted by molar-refractivity contribution is 5.86. The molecule has 0 bridgehead atoms. The molecule has 5 nitrogen and oxygen atoms in total. The maximum atomic E-state index is 12.4. The van der Waals surface area contributed by atoms with E-state index in [0.29, 0.717) is 18.8 Å². The quantitative estimate of drug-likeness (QED) is 0.763. The van der Waals surface area contributed by atoms with Crippen molar-refractivity contribution in [2.75, 3.05) is 20.6 Å². The molecule has 6 heteroatoms. The van der Waals surface area contributed by atoms with Crippen molar-refractivity contribution in [2.24, 2.45) is 0 Å². The highest BCUT2D eigenvalue weighted by Crippen LogP contribution is 2.36. The predicted octanol–water partition coefficient (Wildman–Crippen LogP) is 3.84. The van der Waals surface area contributed by atoms with Gasteiger partial charge in [-0.2, -0.15) is 0 Å². The topological polar surface area (TPSA) is 60.5 Å². The fourth-order valence-electron chi connectivity index (χ4n) is 3.66. The number of methoxy groups -OCH3 is 1. The number of ether oxygens (including phenoxy) is 2. The largest absolute Gasteiger partial charge is 0.463 e. The molecule has 2 atom stereocenters. The number of Topliss-reactive ketones (excluding diaryl/α,β-unsaturated/α-hetero) is 1. The number of nitrogens with one attached hydrogen (secondary N) is 1. The Morgan fingerprint density at radius 3 is 2.89 bits per heavy atom. The van der Waals surface area contributed by atoms with E-state index in [-0.39, 0.29) is 11.8 Å². The summed E-state index contributed by atoms with van der Waals surface area (Å²) in [5.74, 6) is 0.622. The molecule has 1 aromatic heterocycles. The Hall–Kier alpha value is -2.31. The third-order valence-corrected chi connectivity index (χ3v) is 5.24. The number of aromatic nitrogens is 1. The molecule has 1 aliphatic rings. The third kappa shape index (κ3) is 4.34. The minimum absolute atomic E-state index is 0.0102. The lowest BCUT2D eigenvalue weighted by molar-refractivity contribution is -0.123. The minimum Gasteiger partial charge on any atom is -0.463 e. The fraction of sp³-hybridized carbons (Fsp3) is 0.429. The molecular weight excluding hydrogens is 347 g/mol. The average molecular weight is 372 g/mol. The van der Waals surface area contributed by atoms with Crippen molar-refractivity contribution in [3.63, 3.8) is 0 Å². The van der Waals surface area contributed by atoms with Crippen molar-refractivity contribution in [2.45, 2.75) is 37.8 Å². The molecule has 3 rings (SSSR count). The van der Waals surface area contributed by atoms with E-state index in [4.69, 9.17) is 9.47 Å². The zero-order valence-electron chi connectivity index (χ0n) is 15.7. The van der Waals surface area contributed by atoms with Crippen molar-refractivity contribution in [3.8, 4) is 16.9 Å². The number of alkyl halides is 1. The Bertz CT molecular complexity index is 799. The van der Waals surface area contributed by atoms with Crippen LogP contribution in [0.15, 0.2) is 42.6 Å². The molecule has 2 unspecified atom stereocenters. The summed E-state index contributed by atoms with van der Waals surface area (Å²) in [5.41, 5.74) is 2.25. The summed E-state index contributed by atoms with van der Waals surface area (Å²) in [6.07, 6.45) is 4.02. The second-order valence-electron chi connectivity index (χ2n) is 6.87. The molecule has 1 aromatic carbocycles. The maximum absolute atomic E-state index is 12.4. The van der Waals surface area contributed by atoms with E-state index in [1.165, 1.54) is 0 Å². The number of nitrogens with zero attached hydrogens (tertiary/aromatic N) is 1. The average Bonchev–Trinajstić information content (AvgIpc) is 3.13. The first-order valence-corrected chi connectivity index (χ1v) is 9.11. The number of carbonyl (C=O) groups is 1. The molecule has 2 aromatic rings. The molecule has 0 spiro atoms. The summed E-state index contributed by atoms with van der Waals surface area (Å²) < 4.78 is 22.6. The maximum Gasteiger partial charge on any atom is 0.228 e. The molecular formula is C21H25FN2O3. The van der Waals surface area contributed by atoms with Gasteiger partial charge < -0.3 is 9.47 Å². The number of ketones is 1. The Balaban J connectivity index is 1.82. The lowest BCUT2D eigenvalue weighted by atomic mass is 9.89. The minimum atomic E-state index is -0.856. The van der Waals surface area contributed by atoms with Crippen LogP contribution in [0.1, 0.15) is 37.9 Å². The second-order valence-corrected chi connectivity index (χ2v) is 6.87. The zero-order valence-corrected chi connectivity index (χ0v) is 15.7. The van der Waals surface area contributed by atoms with Crippen LogP contribution in [0.4, 0.5) is 4.39 Å². The van der Waals surface area contributed by atoms with Crippen LogP contribution >= 0.6 is 0 Å².